The third-order valence-electron chi connectivity index (χ3n) is 3.94. The molecule has 0 aliphatic carbocycles. The van der Waals surface area contributed by atoms with Crippen LogP contribution >= 0.6 is 23.4 Å². The molecule has 146 valence electrons. The lowest BCUT2D eigenvalue weighted by Gasteiger charge is -2.13. The summed E-state index contributed by atoms with van der Waals surface area (Å²) in [5.74, 6) is 0.589. The van der Waals surface area contributed by atoms with Crippen molar-refractivity contribution >= 4 is 35.0 Å². The van der Waals surface area contributed by atoms with Gasteiger partial charge in [-0.05, 0) is 43.3 Å². The highest BCUT2D eigenvalue weighted by molar-refractivity contribution is 8.00. The van der Waals surface area contributed by atoms with Crippen molar-refractivity contribution < 1.29 is 9.53 Å². The van der Waals surface area contributed by atoms with E-state index in [-0.39, 0.29) is 11.2 Å². The molecule has 7 nitrogen and oxygen atoms in total. The molecular weight excluding hydrogens is 398 g/mol. The number of nitrogens with zero attached hydrogens (tertiary/aromatic N) is 4. The summed E-state index contributed by atoms with van der Waals surface area (Å²) in [6.45, 7) is 2.92. The Morgan fingerprint density at radius 1 is 1.21 bits per heavy atom. The number of nitrogens with one attached hydrogen (secondary N) is 1. The van der Waals surface area contributed by atoms with Crippen molar-refractivity contribution in [2.24, 2.45) is 0 Å². The Balaban J connectivity index is 1.75. The highest BCUT2D eigenvalue weighted by atomic mass is 35.5. The van der Waals surface area contributed by atoms with E-state index in [2.05, 4.69) is 20.5 Å². The van der Waals surface area contributed by atoms with Gasteiger partial charge in [0.1, 0.15) is 0 Å². The minimum atomic E-state index is -0.369. The first-order valence-corrected chi connectivity index (χ1v) is 9.90. The summed E-state index contributed by atoms with van der Waals surface area (Å²) in [5.41, 5.74) is 1.60. The lowest BCUT2D eigenvalue weighted by Crippen LogP contribution is -2.23. The van der Waals surface area contributed by atoms with Crippen LogP contribution in [0.5, 0.6) is 0 Å². The Morgan fingerprint density at radius 3 is 2.61 bits per heavy atom. The predicted octanol–water partition coefficient (Wildman–Crippen LogP) is 3.76. The van der Waals surface area contributed by atoms with Crippen molar-refractivity contribution in [3.8, 4) is 11.4 Å². The second-order valence-electron chi connectivity index (χ2n) is 5.94. The van der Waals surface area contributed by atoms with Gasteiger partial charge in [0, 0.05) is 35.8 Å². The third-order valence-corrected chi connectivity index (χ3v) is 5.27. The van der Waals surface area contributed by atoms with Crippen LogP contribution in [0.15, 0.2) is 53.9 Å². The van der Waals surface area contributed by atoms with Crippen molar-refractivity contribution in [2.75, 3.05) is 19.0 Å². The van der Waals surface area contributed by atoms with E-state index in [1.807, 2.05) is 23.6 Å². The number of methoxy groups -OCH3 is 1. The maximum absolute atomic E-state index is 12.5. The van der Waals surface area contributed by atoms with Crippen LogP contribution in [0.2, 0.25) is 5.02 Å². The van der Waals surface area contributed by atoms with Crippen LogP contribution < -0.4 is 5.32 Å². The van der Waals surface area contributed by atoms with Gasteiger partial charge >= 0.3 is 0 Å². The zero-order valence-corrected chi connectivity index (χ0v) is 17.1. The van der Waals surface area contributed by atoms with Crippen LogP contribution in [0, 0.1) is 0 Å². The van der Waals surface area contributed by atoms with Crippen molar-refractivity contribution in [2.45, 2.75) is 23.9 Å². The number of hydrogen-bond donors (Lipinski definition) is 1. The number of carbonyl (C=O) groups excluding carboxylic acids is 1. The van der Waals surface area contributed by atoms with Gasteiger partial charge in [0.05, 0.1) is 18.4 Å². The van der Waals surface area contributed by atoms with Gasteiger partial charge in [-0.15, -0.1) is 10.2 Å². The summed E-state index contributed by atoms with van der Waals surface area (Å²) in [4.78, 5) is 16.6. The highest BCUT2D eigenvalue weighted by Gasteiger charge is 2.21. The smallest absolute Gasteiger partial charge is 0.237 e. The number of hydrogen-bond acceptors (Lipinski definition) is 6. The number of anilines is 1. The molecule has 28 heavy (non-hydrogen) atoms. The molecule has 1 amide bonds. The fourth-order valence-electron chi connectivity index (χ4n) is 2.46. The van der Waals surface area contributed by atoms with Crippen molar-refractivity contribution in [3.05, 3.63) is 53.8 Å². The molecule has 0 aliphatic heterocycles. The molecule has 0 spiro atoms. The van der Waals surface area contributed by atoms with Gasteiger partial charge in [0.25, 0.3) is 0 Å². The van der Waals surface area contributed by atoms with E-state index in [9.17, 15) is 4.79 Å². The molecule has 0 saturated heterocycles. The molecule has 1 unspecified atom stereocenters. The first-order chi connectivity index (χ1) is 13.6. The lowest BCUT2D eigenvalue weighted by molar-refractivity contribution is -0.115. The number of pyridine rings is 1. The molecule has 2 aromatic heterocycles. The van der Waals surface area contributed by atoms with Gasteiger partial charge in [-0.1, -0.05) is 23.4 Å². The molecule has 0 radical (unpaired) electrons. The van der Waals surface area contributed by atoms with Gasteiger partial charge in [-0.2, -0.15) is 0 Å². The molecule has 0 fully saturated rings. The first-order valence-electron chi connectivity index (χ1n) is 8.64. The number of rotatable bonds is 8. The molecular formula is C19H20ClN5O2S. The van der Waals surface area contributed by atoms with Crippen LogP contribution in [0.3, 0.4) is 0 Å². The Bertz CT molecular complexity index is 918. The second-order valence-corrected chi connectivity index (χ2v) is 7.69. The Labute approximate surface area is 172 Å². The largest absolute Gasteiger partial charge is 0.383 e. The number of halogens is 1. The number of amides is 1. The van der Waals surface area contributed by atoms with Gasteiger partial charge < -0.3 is 10.1 Å². The van der Waals surface area contributed by atoms with Gasteiger partial charge in [0.15, 0.2) is 11.0 Å². The lowest BCUT2D eigenvalue weighted by atomic mass is 10.2. The van der Waals surface area contributed by atoms with Crippen LogP contribution in [0.25, 0.3) is 11.4 Å². The quantitative estimate of drug-likeness (QED) is 0.562. The van der Waals surface area contributed by atoms with Crippen molar-refractivity contribution in [1.82, 2.24) is 19.7 Å². The van der Waals surface area contributed by atoms with E-state index in [0.717, 1.165) is 5.56 Å². The fourth-order valence-corrected chi connectivity index (χ4v) is 3.46. The standard InChI is InChI=1S/C19H20ClN5O2S/c1-13(18(26)22-16-5-3-15(20)4-6-16)28-19-24-23-17(25(19)11-12-27-2)14-7-9-21-10-8-14/h3-10,13H,11-12H2,1-2H3,(H,22,26). The first kappa shape index (κ1) is 20.3. The highest BCUT2D eigenvalue weighted by Crippen LogP contribution is 2.27. The van der Waals surface area contributed by atoms with Gasteiger partial charge in [0.2, 0.25) is 5.91 Å². The zero-order chi connectivity index (χ0) is 19.9. The molecule has 0 bridgehead atoms. The average molecular weight is 418 g/mol. The molecule has 9 heteroatoms. The number of benzene rings is 1. The van der Waals surface area contributed by atoms with E-state index in [4.69, 9.17) is 16.3 Å². The molecule has 0 saturated carbocycles. The number of aromatic nitrogens is 4. The number of ether oxygens (including phenoxy) is 1. The summed E-state index contributed by atoms with van der Waals surface area (Å²) in [7, 11) is 1.64. The Morgan fingerprint density at radius 2 is 1.93 bits per heavy atom. The van der Waals surface area contributed by atoms with Crippen LogP contribution in [0.4, 0.5) is 5.69 Å². The van der Waals surface area contributed by atoms with Gasteiger partial charge in [-0.25, -0.2) is 0 Å². The maximum Gasteiger partial charge on any atom is 0.237 e. The topological polar surface area (TPSA) is 81.9 Å². The minimum Gasteiger partial charge on any atom is -0.383 e. The molecule has 3 aromatic rings. The van der Waals surface area contributed by atoms with E-state index in [0.29, 0.717) is 34.8 Å². The van der Waals surface area contributed by atoms with E-state index in [1.165, 1.54) is 11.8 Å². The van der Waals surface area contributed by atoms with Crippen LogP contribution in [-0.4, -0.2) is 44.6 Å². The van der Waals surface area contributed by atoms with Crippen molar-refractivity contribution in [1.29, 1.82) is 0 Å². The zero-order valence-electron chi connectivity index (χ0n) is 15.5. The second kappa shape index (κ2) is 9.68. The minimum absolute atomic E-state index is 0.126. The molecule has 1 aromatic carbocycles. The SMILES string of the molecule is COCCn1c(SC(C)C(=O)Nc2ccc(Cl)cc2)nnc1-c1ccncc1. The van der Waals surface area contributed by atoms with Crippen LogP contribution in [-0.2, 0) is 16.1 Å². The number of thioether (sulfide) groups is 1. The molecule has 1 atom stereocenters. The summed E-state index contributed by atoms with van der Waals surface area (Å²) in [5, 5.41) is 12.4. The summed E-state index contributed by atoms with van der Waals surface area (Å²) in [6, 6.07) is 10.7. The van der Waals surface area contributed by atoms with E-state index in [1.54, 1.807) is 43.8 Å². The van der Waals surface area contributed by atoms with Crippen molar-refractivity contribution in [3.63, 3.8) is 0 Å². The Hall–Kier alpha value is -2.42. The summed E-state index contributed by atoms with van der Waals surface area (Å²) < 4.78 is 7.17. The van der Waals surface area contributed by atoms with E-state index >= 15 is 0 Å². The van der Waals surface area contributed by atoms with Crippen LogP contribution in [0.1, 0.15) is 6.92 Å². The number of carbonyl (C=O) groups is 1. The molecule has 0 aliphatic rings. The monoisotopic (exact) mass is 417 g/mol. The Kier molecular flexibility index (Phi) is 7.02. The average Bonchev–Trinajstić information content (AvgIpc) is 3.11. The van der Waals surface area contributed by atoms with Gasteiger partial charge in [-0.3, -0.25) is 14.3 Å². The molecule has 1 N–H and O–H groups in total. The normalized spacial score (nSPS) is 12.0. The molecule has 2 heterocycles. The third kappa shape index (κ3) is 5.09. The maximum atomic E-state index is 12.5. The molecule has 3 rings (SSSR count). The fraction of sp³-hybridized carbons (Fsp3) is 0.263. The summed E-state index contributed by atoms with van der Waals surface area (Å²) in [6.07, 6.45) is 3.42. The predicted molar refractivity (Wildman–Crippen MR) is 111 cm³/mol. The van der Waals surface area contributed by atoms with E-state index < -0.39 is 0 Å². The summed E-state index contributed by atoms with van der Waals surface area (Å²) >= 11 is 7.23.